The number of benzene rings is 2. The maximum absolute atomic E-state index is 12.4. The van der Waals surface area contributed by atoms with Gasteiger partial charge in [-0.05, 0) is 43.2 Å². The highest BCUT2D eigenvalue weighted by Gasteiger charge is 2.16. The topological polar surface area (TPSA) is 69.9 Å². The molecule has 1 atom stereocenters. The van der Waals surface area contributed by atoms with Crippen molar-refractivity contribution in [2.75, 3.05) is 21.3 Å². The van der Waals surface area contributed by atoms with Crippen LogP contribution in [0.3, 0.4) is 0 Å². The van der Waals surface area contributed by atoms with E-state index in [1.165, 1.54) is 0 Å². The van der Waals surface area contributed by atoms with Crippen LogP contribution in [0.4, 0.5) is 0 Å². The SMILES string of the molecule is COc1cc(CCC(=O)NC(C)c2cc3ccccc3o2)cc(OC)c1OC. The van der Waals surface area contributed by atoms with E-state index in [4.69, 9.17) is 18.6 Å². The molecule has 0 saturated carbocycles. The Morgan fingerprint density at radius 2 is 1.71 bits per heavy atom. The number of methoxy groups -OCH3 is 3. The number of aryl methyl sites for hydroxylation is 1. The summed E-state index contributed by atoms with van der Waals surface area (Å²) in [4.78, 5) is 12.4. The molecule has 0 bridgehead atoms. The molecule has 3 aromatic rings. The molecule has 1 N–H and O–H groups in total. The first-order chi connectivity index (χ1) is 13.5. The molecule has 0 aliphatic carbocycles. The van der Waals surface area contributed by atoms with Gasteiger partial charge in [0.05, 0.1) is 27.4 Å². The molecule has 1 heterocycles. The van der Waals surface area contributed by atoms with Gasteiger partial charge in [0.25, 0.3) is 0 Å². The van der Waals surface area contributed by atoms with Gasteiger partial charge in [0.15, 0.2) is 11.5 Å². The molecule has 148 valence electrons. The summed E-state index contributed by atoms with van der Waals surface area (Å²) < 4.78 is 21.9. The number of para-hydroxylation sites is 1. The summed E-state index contributed by atoms with van der Waals surface area (Å²) in [5.41, 5.74) is 1.75. The molecule has 1 amide bonds. The average Bonchev–Trinajstić information content (AvgIpc) is 3.15. The van der Waals surface area contributed by atoms with Crippen molar-refractivity contribution in [3.8, 4) is 17.2 Å². The van der Waals surface area contributed by atoms with Crippen molar-refractivity contribution in [3.05, 3.63) is 53.8 Å². The van der Waals surface area contributed by atoms with Crippen molar-refractivity contribution in [2.45, 2.75) is 25.8 Å². The highest BCUT2D eigenvalue weighted by molar-refractivity contribution is 5.79. The molecule has 0 radical (unpaired) electrons. The van der Waals surface area contributed by atoms with Gasteiger partial charge in [-0.1, -0.05) is 18.2 Å². The van der Waals surface area contributed by atoms with Crippen LogP contribution in [0.2, 0.25) is 0 Å². The lowest BCUT2D eigenvalue weighted by atomic mass is 10.1. The summed E-state index contributed by atoms with van der Waals surface area (Å²) in [6.07, 6.45) is 0.888. The van der Waals surface area contributed by atoms with Gasteiger partial charge in [-0.15, -0.1) is 0 Å². The summed E-state index contributed by atoms with van der Waals surface area (Å²) >= 11 is 0. The number of rotatable bonds is 8. The van der Waals surface area contributed by atoms with E-state index < -0.39 is 0 Å². The van der Waals surface area contributed by atoms with Gasteiger partial charge in [0, 0.05) is 11.8 Å². The quantitative estimate of drug-likeness (QED) is 0.629. The van der Waals surface area contributed by atoms with Crippen LogP contribution in [0, 0.1) is 0 Å². The summed E-state index contributed by atoms with van der Waals surface area (Å²) in [6.45, 7) is 1.91. The van der Waals surface area contributed by atoms with Crippen LogP contribution in [0.5, 0.6) is 17.2 Å². The number of amides is 1. The molecular weight excluding hydrogens is 358 g/mol. The van der Waals surface area contributed by atoms with Crippen molar-refractivity contribution in [2.24, 2.45) is 0 Å². The molecule has 6 nitrogen and oxygen atoms in total. The fourth-order valence-electron chi connectivity index (χ4n) is 3.14. The van der Waals surface area contributed by atoms with Crippen LogP contribution < -0.4 is 19.5 Å². The van der Waals surface area contributed by atoms with Crippen LogP contribution in [0.15, 0.2) is 46.9 Å². The summed E-state index contributed by atoms with van der Waals surface area (Å²) in [5, 5.41) is 4.01. The average molecular weight is 383 g/mol. The molecule has 3 rings (SSSR count). The van der Waals surface area contributed by atoms with Crippen molar-refractivity contribution < 1.29 is 23.4 Å². The van der Waals surface area contributed by atoms with Crippen LogP contribution >= 0.6 is 0 Å². The normalized spacial score (nSPS) is 11.9. The number of furan rings is 1. The van der Waals surface area contributed by atoms with Crippen LogP contribution in [0.25, 0.3) is 11.0 Å². The Balaban J connectivity index is 1.63. The number of carbonyl (C=O) groups is 1. The zero-order valence-electron chi connectivity index (χ0n) is 16.6. The molecule has 0 saturated heterocycles. The van der Waals surface area contributed by atoms with E-state index in [9.17, 15) is 4.79 Å². The minimum atomic E-state index is -0.208. The molecule has 1 aromatic heterocycles. The zero-order chi connectivity index (χ0) is 20.1. The van der Waals surface area contributed by atoms with Gasteiger partial charge in [-0.3, -0.25) is 4.79 Å². The van der Waals surface area contributed by atoms with Gasteiger partial charge in [0.2, 0.25) is 11.7 Å². The summed E-state index contributed by atoms with van der Waals surface area (Å²) in [6, 6.07) is 13.3. The summed E-state index contributed by atoms with van der Waals surface area (Å²) in [7, 11) is 4.71. The van der Waals surface area contributed by atoms with E-state index in [0.29, 0.717) is 30.1 Å². The molecule has 0 fully saturated rings. The second kappa shape index (κ2) is 8.69. The first-order valence-corrected chi connectivity index (χ1v) is 9.12. The lowest BCUT2D eigenvalue weighted by Gasteiger charge is -2.15. The number of fused-ring (bicyclic) bond motifs is 1. The van der Waals surface area contributed by atoms with E-state index in [1.807, 2.05) is 49.4 Å². The molecule has 0 aliphatic rings. The zero-order valence-corrected chi connectivity index (χ0v) is 16.6. The van der Waals surface area contributed by atoms with Gasteiger partial charge in [0.1, 0.15) is 11.3 Å². The Morgan fingerprint density at radius 1 is 1.04 bits per heavy atom. The van der Waals surface area contributed by atoms with E-state index in [-0.39, 0.29) is 11.9 Å². The van der Waals surface area contributed by atoms with E-state index in [2.05, 4.69) is 5.32 Å². The maximum Gasteiger partial charge on any atom is 0.220 e. The van der Waals surface area contributed by atoms with Crippen LogP contribution in [-0.2, 0) is 11.2 Å². The molecule has 6 heteroatoms. The third-order valence-corrected chi connectivity index (χ3v) is 4.61. The van der Waals surface area contributed by atoms with Gasteiger partial charge < -0.3 is 23.9 Å². The molecule has 28 heavy (non-hydrogen) atoms. The number of hydrogen-bond acceptors (Lipinski definition) is 5. The first-order valence-electron chi connectivity index (χ1n) is 9.12. The van der Waals surface area contributed by atoms with Crippen molar-refractivity contribution >= 4 is 16.9 Å². The van der Waals surface area contributed by atoms with Gasteiger partial charge in [-0.25, -0.2) is 0 Å². The van der Waals surface area contributed by atoms with Crippen LogP contribution in [0.1, 0.15) is 30.7 Å². The highest BCUT2D eigenvalue weighted by atomic mass is 16.5. The summed E-state index contributed by atoms with van der Waals surface area (Å²) in [5.74, 6) is 2.38. The maximum atomic E-state index is 12.4. The Morgan fingerprint density at radius 3 is 2.32 bits per heavy atom. The molecular formula is C22H25NO5. The third kappa shape index (κ3) is 4.22. The lowest BCUT2D eigenvalue weighted by molar-refractivity contribution is -0.121. The second-order valence-corrected chi connectivity index (χ2v) is 6.51. The largest absolute Gasteiger partial charge is 0.493 e. The molecule has 1 unspecified atom stereocenters. The second-order valence-electron chi connectivity index (χ2n) is 6.51. The fourth-order valence-corrected chi connectivity index (χ4v) is 3.14. The minimum Gasteiger partial charge on any atom is -0.493 e. The smallest absolute Gasteiger partial charge is 0.220 e. The predicted octanol–water partition coefficient (Wildman–Crippen LogP) is 4.27. The standard InChI is InChI=1S/C22H25NO5/c1-14(18-13-16-7-5-6-8-17(16)28-18)23-21(24)10-9-15-11-19(25-2)22(27-4)20(12-15)26-3/h5-8,11-14H,9-10H2,1-4H3,(H,23,24). The molecule has 0 spiro atoms. The van der Waals surface area contributed by atoms with Crippen LogP contribution in [-0.4, -0.2) is 27.2 Å². The van der Waals surface area contributed by atoms with E-state index >= 15 is 0 Å². The first kappa shape index (κ1) is 19.6. The molecule has 0 aliphatic heterocycles. The number of hydrogen-bond donors (Lipinski definition) is 1. The Labute approximate surface area is 164 Å². The van der Waals surface area contributed by atoms with Gasteiger partial charge >= 0.3 is 0 Å². The lowest BCUT2D eigenvalue weighted by Crippen LogP contribution is -2.26. The van der Waals surface area contributed by atoms with Gasteiger partial charge in [-0.2, -0.15) is 0 Å². The number of carbonyl (C=O) groups excluding carboxylic acids is 1. The Hall–Kier alpha value is -3.15. The Bertz CT molecular complexity index is 904. The van der Waals surface area contributed by atoms with Crippen molar-refractivity contribution in [1.82, 2.24) is 5.32 Å². The fraction of sp³-hybridized carbons (Fsp3) is 0.318. The van der Waals surface area contributed by atoms with Crippen molar-refractivity contribution in [3.63, 3.8) is 0 Å². The number of nitrogens with one attached hydrogen (secondary N) is 1. The monoisotopic (exact) mass is 383 g/mol. The third-order valence-electron chi connectivity index (χ3n) is 4.61. The van der Waals surface area contributed by atoms with E-state index in [0.717, 1.165) is 22.3 Å². The number of ether oxygens (including phenoxy) is 3. The predicted molar refractivity (Wildman–Crippen MR) is 107 cm³/mol. The van der Waals surface area contributed by atoms with Crippen molar-refractivity contribution in [1.29, 1.82) is 0 Å². The Kier molecular flexibility index (Phi) is 6.09. The molecule has 2 aromatic carbocycles. The highest BCUT2D eigenvalue weighted by Crippen LogP contribution is 2.38. The minimum absolute atomic E-state index is 0.0540. The van der Waals surface area contributed by atoms with E-state index in [1.54, 1.807) is 21.3 Å².